The monoisotopic (exact) mass is 389 g/mol. The second-order valence-corrected chi connectivity index (χ2v) is 7.83. The maximum atomic E-state index is 12.5. The molecule has 0 bridgehead atoms. The van der Waals surface area contributed by atoms with Crippen molar-refractivity contribution in [1.82, 2.24) is 10.3 Å². The fourth-order valence-corrected chi connectivity index (χ4v) is 4.07. The number of hydrogen-bond acceptors (Lipinski definition) is 4. The van der Waals surface area contributed by atoms with Crippen molar-refractivity contribution in [3.63, 3.8) is 0 Å². The average Bonchev–Trinajstić information content (AvgIpc) is 3.18. The van der Waals surface area contributed by atoms with E-state index in [1.165, 1.54) is 11.3 Å². The number of carbonyl (C=O) groups is 2. The van der Waals surface area contributed by atoms with Crippen molar-refractivity contribution < 1.29 is 9.59 Å². The van der Waals surface area contributed by atoms with Gasteiger partial charge in [-0.25, -0.2) is 9.98 Å². The van der Waals surface area contributed by atoms with Crippen molar-refractivity contribution in [3.05, 3.63) is 77.0 Å². The lowest BCUT2D eigenvalue weighted by Gasteiger charge is -2.29. The largest absolute Gasteiger partial charge is 0.325 e. The molecule has 1 atom stereocenters. The lowest BCUT2D eigenvalue weighted by atomic mass is 9.82. The van der Waals surface area contributed by atoms with Crippen molar-refractivity contribution in [3.8, 4) is 10.6 Å². The van der Waals surface area contributed by atoms with Gasteiger partial charge in [-0.05, 0) is 23.6 Å². The molecule has 5 nitrogen and oxygen atoms in total. The van der Waals surface area contributed by atoms with Crippen LogP contribution in [0.2, 0.25) is 0 Å². The molecule has 0 radical (unpaired) electrons. The minimum atomic E-state index is -0.393. The highest BCUT2D eigenvalue weighted by molar-refractivity contribution is 7.13. The molecule has 0 fully saturated rings. The predicted octanol–water partition coefficient (Wildman–Crippen LogP) is 4.17. The summed E-state index contributed by atoms with van der Waals surface area (Å²) in [6, 6.07) is 9.73. The van der Waals surface area contributed by atoms with Crippen molar-refractivity contribution in [1.29, 1.82) is 0 Å². The van der Waals surface area contributed by atoms with Gasteiger partial charge in [0.1, 0.15) is 10.7 Å². The van der Waals surface area contributed by atoms with E-state index in [0.29, 0.717) is 11.4 Å². The molecule has 2 aliphatic rings. The third-order valence-electron chi connectivity index (χ3n) is 4.66. The van der Waals surface area contributed by atoms with Gasteiger partial charge < -0.3 is 5.32 Å². The van der Waals surface area contributed by atoms with Gasteiger partial charge in [0, 0.05) is 28.6 Å². The number of hydrogen-bond donors (Lipinski definition) is 1. The summed E-state index contributed by atoms with van der Waals surface area (Å²) >= 11 is 1.42. The number of rotatable bonds is 3. The number of aromatic nitrogens is 1. The lowest BCUT2D eigenvalue weighted by Crippen LogP contribution is -2.34. The Hall–Kier alpha value is -3.12. The zero-order valence-corrected chi connectivity index (χ0v) is 16.4. The van der Waals surface area contributed by atoms with Gasteiger partial charge in [-0.1, -0.05) is 50.3 Å². The number of aliphatic imine (C=N–C) groups is 1. The molecule has 0 saturated heterocycles. The van der Waals surface area contributed by atoms with Gasteiger partial charge in [-0.2, -0.15) is 0 Å². The van der Waals surface area contributed by atoms with Crippen LogP contribution in [-0.2, 0) is 4.79 Å². The summed E-state index contributed by atoms with van der Waals surface area (Å²) in [4.78, 5) is 33.1. The third kappa shape index (κ3) is 3.64. The average molecular weight is 389 g/mol. The van der Waals surface area contributed by atoms with Crippen LogP contribution < -0.4 is 5.32 Å². The van der Waals surface area contributed by atoms with E-state index in [4.69, 9.17) is 0 Å². The molecule has 6 heteroatoms. The minimum Gasteiger partial charge on any atom is -0.325 e. The summed E-state index contributed by atoms with van der Waals surface area (Å²) in [5.74, 6) is -0.249. The number of nitrogens with one attached hydrogen (secondary N) is 1. The summed E-state index contributed by atoms with van der Waals surface area (Å²) in [5, 5.41) is 5.37. The highest BCUT2D eigenvalue weighted by atomic mass is 32.1. The molecule has 140 valence electrons. The van der Waals surface area contributed by atoms with Crippen LogP contribution in [0.25, 0.3) is 10.6 Å². The van der Waals surface area contributed by atoms with E-state index >= 15 is 0 Å². The van der Waals surface area contributed by atoms with Gasteiger partial charge >= 0.3 is 0 Å². The van der Waals surface area contributed by atoms with Gasteiger partial charge in [0.2, 0.25) is 5.91 Å². The Morgan fingerprint density at radius 1 is 1.21 bits per heavy atom. The zero-order chi connectivity index (χ0) is 19.7. The Kier molecular flexibility index (Phi) is 4.88. The third-order valence-corrected chi connectivity index (χ3v) is 5.56. The fraction of sp³-hybridized carbons (Fsp3) is 0.182. The maximum Gasteiger partial charge on any atom is 0.297 e. The zero-order valence-electron chi connectivity index (χ0n) is 15.5. The van der Waals surface area contributed by atoms with Crippen LogP contribution in [0, 0.1) is 11.8 Å². The van der Waals surface area contributed by atoms with E-state index in [1.54, 1.807) is 17.5 Å². The summed E-state index contributed by atoms with van der Waals surface area (Å²) in [6.45, 7) is 4.13. The Morgan fingerprint density at radius 3 is 2.75 bits per heavy atom. The number of benzene rings is 1. The van der Waals surface area contributed by atoms with Crippen molar-refractivity contribution in [2.45, 2.75) is 13.8 Å². The van der Waals surface area contributed by atoms with Crippen LogP contribution in [0.3, 0.4) is 0 Å². The molecule has 4 rings (SSSR count). The van der Waals surface area contributed by atoms with Crippen molar-refractivity contribution >= 4 is 28.9 Å². The van der Waals surface area contributed by atoms with E-state index in [1.807, 2.05) is 42.5 Å². The highest BCUT2D eigenvalue weighted by Gasteiger charge is 2.28. The molecule has 0 saturated carbocycles. The molecule has 2 heterocycles. The van der Waals surface area contributed by atoms with Gasteiger partial charge in [0.05, 0.1) is 5.71 Å². The van der Waals surface area contributed by atoms with Crippen LogP contribution in [0.1, 0.15) is 24.3 Å². The van der Waals surface area contributed by atoms with Gasteiger partial charge in [0.15, 0.2) is 0 Å². The number of allylic oxidation sites excluding steroid dienone is 3. The second-order valence-electron chi connectivity index (χ2n) is 6.97. The molecule has 1 aromatic heterocycles. The molecule has 1 aliphatic carbocycles. The predicted molar refractivity (Wildman–Crippen MR) is 111 cm³/mol. The van der Waals surface area contributed by atoms with E-state index < -0.39 is 5.91 Å². The van der Waals surface area contributed by atoms with Crippen LogP contribution in [0.15, 0.2) is 76.3 Å². The van der Waals surface area contributed by atoms with E-state index in [9.17, 15) is 9.59 Å². The van der Waals surface area contributed by atoms with Crippen molar-refractivity contribution in [2.75, 3.05) is 0 Å². The number of amides is 2. The maximum absolute atomic E-state index is 12.5. The number of fused-ring (bicyclic) bond motifs is 1. The van der Waals surface area contributed by atoms with Crippen LogP contribution >= 0.6 is 11.3 Å². The van der Waals surface area contributed by atoms with Gasteiger partial charge in [-0.3, -0.25) is 9.59 Å². The number of thiazole rings is 1. The quantitative estimate of drug-likeness (QED) is 0.856. The molecule has 1 aliphatic heterocycles. The lowest BCUT2D eigenvalue weighted by molar-refractivity contribution is -0.116. The molecule has 1 unspecified atom stereocenters. The summed E-state index contributed by atoms with van der Waals surface area (Å²) in [5.41, 5.74) is 3.62. The molecule has 1 aromatic carbocycles. The van der Waals surface area contributed by atoms with E-state index in [0.717, 1.165) is 21.8 Å². The van der Waals surface area contributed by atoms with E-state index in [-0.39, 0.29) is 17.7 Å². The van der Waals surface area contributed by atoms with Crippen LogP contribution in [-0.4, -0.2) is 22.5 Å². The summed E-state index contributed by atoms with van der Waals surface area (Å²) in [7, 11) is 0. The van der Waals surface area contributed by atoms with Gasteiger partial charge in [0.25, 0.3) is 5.91 Å². The molecule has 28 heavy (non-hydrogen) atoms. The molecular weight excluding hydrogens is 370 g/mol. The van der Waals surface area contributed by atoms with Crippen LogP contribution in [0.4, 0.5) is 0 Å². The molecular formula is C22H19N3O2S. The first-order valence-electron chi connectivity index (χ1n) is 9.07. The van der Waals surface area contributed by atoms with Crippen molar-refractivity contribution in [2.24, 2.45) is 16.8 Å². The normalized spacial score (nSPS) is 19.9. The number of carbonyl (C=O) groups excluding carboxylic acids is 2. The topological polar surface area (TPSA) is 71.4 Å². The molecule has 0 spiro atoms. The fourth-order valence-electron chi connectivity index (χ4n) is 3.27. The standard InChI is InChI=1S/C22H19N3O2S/c1-13(2)17-11-20(26)24-18-10-15(8-9-16(17)18)23-21(27)19-12-28-22(25-19)14-6-4-3-5-7-14/h3-13,16H,1-2H3,(H,24,26). The Bertz CT molecular complexity index is 1060. The van der Waals surface area contributed by atoms with Crippen LogP contribution in [0.5, 0.6) is 0 Å². The first-order chi connectivity index (χ1) is 13.5. The van der Waals surface area contributed by atoms with Gasteiger partial charge in [-0.15, -0.1) is 11.3 Å². The minimum absolute atomic E-state index is 0.0238. The Morgan fingerprint density at radius 2 is 2.00 bits per heavy atom. The Labute approximate surface area is 167 Å². The van der Waals surface area contributed by atoms with E-state index in [2.05, 4.69) is 29.1 Å². The summed E-state index contributed by atoms with van der Waals surface area (Å²) in [6.07, 6.45) is 7.22. The molecule has 1 N–H and O–H groups in total. The highest BCUT2D eigenvalue weighted by Crippen LogP contribution is 2.31. The SMILES string of the molecule is CC(C)C1=CC(=O)NC2=CC(=NC(=O)c3csc(-c4ccccc4)n3)C=CC21. The Balaban J connectivity index is 1.57. The second kappa shape index (κ2) is 7.48. The smallest absolute Gasteiger partial charge is 0.297 e. The molecule has 2 aromatic rings. The number of nitrogens with zero attached hydrogens (tertiary/aromatic N) is 2. The first kappa shape index (κ1) is 18.3. The molecule has 2 amide bonds. The first-order valence-corrected chi connectivity index (χ1v) is 9.95. The summed E-state index contributed by atoms with van der Waals surface area (Å²) < 4.78 is 0.